The number of carbonyl (C=O) groups is 1. The third-order valence-corrected chi connectivity index (χ3v) is 3.98. The predicted molar refractivity (Wildman–Crippen MR) is 80.7 cm³/mol. The molecule has 0 saturated carbocycles. The highest BCUT2D eigenvalue weighted by molar-refractivity contribution is 7.99. The average molecular weight is 306 g/mol. The van der Waals surface area contributed by atoms with Gasteiger partial charge in [0.2, 0.25) is 5.16 Å². The first-order valence-electron chi connectivity index (χ1n) is 6.60. The highest BCUT2D eigenvalue weighted by atomic mass is 32.2. The van der Waals surface area contributed by atoms with E-state index in [0.29, 0.717) is 24.1 Å². The summed E-state index contributed by atoms with van der Waals surface area (Å²) in [4.78, 5) is 12.3. The molecule has 1 aromatic heterocycles. The van der Waals surface area contributed by atoms with Crippen LogP contribution in [0, 0.1) is 13.8 Å². The largest absolute Gasteiger partial charge is 0.383 e. The molecule has 0 aliphatic rings. The van der Waals surface area contributed by atoms with Crippen molar-refractivity contribution >= 4 is 17.5 Å². The molecule has 0 unspecified atom stereocenters. The van der Waals surface area contributed by atoms with Crippen molar-refractivity contribution in [1.82, 2.24) is 20.2 Å². The van der Waals surface area contributed by atoms with E-state index in [1.807, 2.05) is 32.0 Å². The van der Waals surface area contributed by atoms with Gasteiger partial charge in [0, 0.05) is 12.7 Å². The van der Waals surface area contributed by atoms with Gasteiger partial charge >= 0.3 is 0 Å². The van der Waals surface area contributed by atoms with Gasteiger partial charge in [-0.25, -0.2) is 4.68 Å². The smallest absolute Gasteiger partial charge is 0.209 e. The Labute approximate surface area is 127 Å². The number of Topliss-reactive ketones (excluding diaryl/α,β-unsaturated/α-hetero) is 1. The number of ether oxygens (including phenoxy) is 1. The fraction of sp³-hybridized carbons (Fsp3) is 0.429. The molecule has 0 aliphatic carbocycles. The van der Waals surface area contributed by atoms with Gasteiger partial charge < -0.3 is 4.74 Å². The van der Waals surface area contributed by atoms with Crippen molar-refractivity contribution in [3.05, 3.63) is 34.9 Å². The zero-order chi connectivity index (χ0) is 15.2. The second-order valence-electron chi connectivity index (χ2n) is 4.71. The summed E-state index contributed by atoms with van der Waals surface area (Å²) in [5, 5.41) is 12.1. The van der Waals surface area contributed by atoms with Crippen LogP contribution in [0.1, 0.15) is 21.5 Å². The summed E-state index contributed by atoms with van der Waals surface area (Å²) in [6, 6.07) is 5.84. The summed E-state index contributed by atoms with van der Waals surface area (Å²) in [6.07, 6.45) is 0. The highest BCUT2D eigenvalue weighted by Crippen LogP contribution is 2.18. The van der Waals surface area contributed by atoms with Crippen LogP contribution in [0.15, 0.2) is 23.4 Å². The number of rotatable bonds is 7. The Kier molecular flexibility index (Phi) is 5.46. The zero-order valence-electron chi connectivity index (χ0n) is 12.4. The number of hydrogen-bond acceptors (Lipinski definition) is 6. The number of ketones is 1. The number of aromatic nitrogens is 4. The van der Waals surface area contributed by atoms with Gasteiger partial charge in [0.1, 0.15) is 0 Å². The SMILES string of the molecule is COCCn1nnnc1SCC(=O)c1ccc(C)cc1C. The quantitative estimate of drug-likeness (QED) is 0.575. The van der Waals surface area contributed by atoms with Gasteiger partial charge in [0.05, 0.1) is 18.9 Å². The Morgan fingerprint density at radius 2 is 2.19 bits per heavy atom. The van der Waals surface area contributed by atoms with Crippen molar-refractivity contribution in [1.29, 1.82) is 0 Å². The number of tetrazole rings is 1. The van der Waals surface area contributed by atoms with E-state index in [4.69, 9.17) is 4.74 Å². The Bertz CT molecular complexity index is 627. The number of benzene rings is 1. The molecule has 7 heteroatoms. The van der Waals surface area contributed by atoms with E-state index >= 15 is 0 Å². The molecular formula is C14H18N4O2S. The molecule has 112 valence electrons. The number of hydrogen-bond donors (Lipinski definition) is 0. The summed E-state index contributed by atoms with van der Waals surface area (Å²) in [5.74, 6) is 0.399. The van der Waals surface area contributed by atoms with E-state index in [-0.39, 0.29) is 5.78 Å². The van der Waals surface area contributed by atoms with E-state index in [9.17, 15) is 4.79 Å². The standard InChI is InChI=1S/C14H18N4O2S/c1-10-4-5-12(11(2)8-10)13(19)9-21-14-15-16-17-18(14)6-7-20-3/h4-5,8H,6-7,9H2,1-3H3. The van der Waals surface area contributed by atoms with Crippen LogP contribution < -0.4 is 0 Å². The lowest BCUT2D eigenvalue weighted by atomic mass is 10.0. The van der Waals surface area contributed by atoms with Gasteiger partial charge in [-0.15, -0.1) is 5.10 Å². The van der Waals surface area contributed by atoms with Crippen molar-refractivity contribution in [2.45, 2.75) is 25.5 Å². The number of nitrogens with zero attached hydrogens (tertiary/aromatic N) is 4. The Hall–Kier alpha value is -1.73. The summed E-state index contributed by atoms with van der Waals surface area (Å²) < 4.78 is 6.64. The molecule has 0 atom stereocenters. The third kappa shape index (κ3) is 4.12. The lowest BCUT2D eigenvalue weighted by Crippen LogP contribution is -2.09. The fourth-order valence-electron chi connectivity index (χ4n) is 1.95. The summed E-state index contributed by atoms with van der Waals surface area (Å²) >= 11 is 1.34. The van der Waals surface area contributed by atoms with Crippen LogP contribution in [0.5, 0.6) is 0 Å². The van der Waals surface area contributed by atoms with Crippen LogP contribution in [0.25, 0.3) is 0 Å². The summed E-state index contributed by atoms with van der Waals surface area (Å²) in [7, 11) is 1.63. The lowest BCUT2D eigenvalue weighted by molar-refractivity contribution is 0.102. The lowest BCUT2D eigenvalue weighted by Gasteiger charge is -2.06. The topological polar surface area (TPSA) is 69.9 Å². The first kappa shape index (κ1) is 15.7. The van der Waals surface area contributed by atoms with Crippen LogP contribution in [-0.2, 0) is 11.3 Å². The first-order chi connectivity index (χ1) is 10.1. The van der Waals surface area contributed by atoms with Gasteiger partial charge in [0.25, 0.3) is 0 Å². The molecule has 0 amide bonds. The second-order valence-corrected chi connectivity index (χ2v) is 5.65. The van der Waals surface area contributed by atoms with E-state index < -0.39 is 0 Å². The number of aryl methyl sites for hydroxylation is 2. The molecule has 0 radical (unpaired) electrons. The van der Waals surface area contributed by atoms with Crippen molar-refractivity contribution in [2.75, 3.05) is 19.5 Å². The van der Waals surface area contributed by atoms with Crippen molar-refractivity contribution in [3.63, 3.8) is 0 Å². The highest BCUT2D eigenvalue weighted by Gasteiger charge is 2.13. The minimum Gasteiger partial charge on any atom is -0.383 e. The van der Waals surface area contributed by atoms with Crippen LogP contribution >= 0.6 is 11.8 Å². The molecule has 0 spiro atoms. The fourth-order valence-corrected chi connectivity index (χ4v) is 2.74. The van der Waals surface area contributed by atoms with Gasteiger partial charge in [-0.3, -0.25) is 4.79 Å². The monoisotopic (exact) mass is 306 g/mol. The van der Waals surface area contributed by atoms with Crippen LogP contribution in [0.3, 0.4) is 0 Å². The molecule has 6 nitrogen and oxygen atoms in total. The van der Waals surface area contributed by atoms with Crippen molar-refractivity contribution in [3.8, 4) is 0 Å². The van der Waals surface area contributed by atoms with Gasteiger partial charge in [-0.1, -0.05) is 35.5 Å². The Balaban J connectivity index is 1.99. The number of methoxy groups -OCH3 is 1. The molecule has 2 aromatic rings. The second kappa shape index (κ2) is 7.33. The number of carbonyl (C=O) groups excluding carboxylic acids is 1. The van der Waals surface area contributed by atoms with Crippen molar-refractivity contribution in [2.24, 2.45) is 0 Å². The Morgan fingerprint density at radius 3 is 2.90 bits per heavy atom. The van der Waals surface area contributed by atoms with Gasteiger partial charge in [-0.2, -0.15) is 0 Å². The molecule has 21 heavy (non-hydrogen) atoms. The van der Waals surface area contributed by atoms with E-state index in [0.717, 1.165) is 16.7 Å². The van der Waals surface area contributed by atoms with E-state index in [2.05, 4.69) is 15.5 Å². The summed E-state index contributed by atoms with van der Waals surface area (Å²) in [5.41, 5.74) is 2.91. The van der Waals surface area contributed by atoms with Crippen molar-refractivity contribution < 1.29 is 9.53 Å². The maximum absolute atomic E-state index is 12.3. The molecule has 1 heterocycles. The van der Waals surface area contributed by atoms with Gasteiger partial charge in [0.15, 0.2) is 5.78 Å². The molecule has 0 bridgehead atoms. The van der Waals surface area contributed by atoms with Crippen LogP contribution in [-0.4, -0.2) is 45.5 Å². The average Bonchev–Trinajstić information content (AvgIpc) is 2.90. The molecule has 1 aromatic carbocycles. The Morgan fingerprint density at radius 1 is 1.38 bits per heavy atom. The molecule has 0 saturated heterocycles. The molecule has 0 fully saturated rings. The third-order valence-electron chi connectivity index (χ3n) is 3.02. The molecule has 0 aliphatic heterocycles. The molecular weight excluding hydrogens is 288 g/mol. The predicted octanol–water partition coefficient (Wildman–Crippen LogP) is 1.91. The maximum Gasteiger partial charge on any atom is 0.209 e. The molecule has 0 N–H and O–H groups in total. The van der Waals surface area contributed by atoms with E-state index in [1.54, 1.807) is 11.8 Å². The normalized spacial score (nSPS) is 10.8. The first-order valence-corrected chi connectivity index (χ1v) is 7.58. The van der Waals surface area contributed by atoms with Crippen LogP contribution in [0.2, 0.25) is 0 Å². The molecule has 2 rings (SSSR count). The van der Waals surface area contributed by atoms with Gasteiger partial charge in [-0.05, 0) is 29.8 Å². The summed E-state index contributed by atoms with van der Waals surface area (Å²) in [6.45, 7) is 5.07. The minimum atomic E-state index is 0.0822. The van der Waals surface area contributed by atoms with E-state index in [1.165, 1.54) is 11.8 Å². The zero-order valence-corrected chi connectivity index (χ0v) is 13.2. The minimum absolute atomic E-state index is 0.0822. The maximum atomic E-state index is 12.3. The number of thioether (sulfide) groups is 1. The van der Waals surface area contributed by atoms with Crippen LogP contribution in [0.4, 0.5) is 0 Å².